The minimum absolute atomic E-state index is 0.572. The number of aromatic nitrogens is 2. The van der Waals surface area contributed by atoms with E-state index in [2.05, 4.69) is 15.3 Å². The van der Waals surface area contributed by atoms with E-state index in [1.54, 1.807) is 0 Å². The Morgan fingerprint density at radius 1 is 1.31 bits per heavy atom. The van der Waals surface area contributed by atoms with Gasteiger partial charge in [0.1, 0.15) is 17.5 Å². The molecule has 0 amide bonds. The fourth-order valence-electron chi connectivity index (χ4n) is 1.08. The van der Waals surface area contributed by atoms with Gasteiger partial charge in [-0.05, 0) is 13.8 Å². The monoisotopic (exact) mass is 180 g/mol. The summed E-state index contributed by atoms with van der Waals surface area (Å²) in [6.45, 7) is 6.82. The summed E-state index contributed by atoms with van der Waals surface area (Å²) < 4.78 is 0. The molecular weight excluding hydrogens is 164 g/mol. The van der Waals surface area contributed by atoms with Crippen molar-refractivity contribution in [1.29, 1.82) is 0 Å². The summed E-state index contributed by atoms with van der Waals surface area (Å²) in [5, 5.41) is 3.16. The number of nitrogen functional groups attached to an aromatic ring is 1. The number of aryl methyl sites for hydroxylation is 1. The SMILES string of the molecule is CCNc1nc(CC)nc(N)c1C. The first kappa shape index (κ1) is 9.77. The molecule has 0 fully saturated rings. The van der Waals surface area contributed by atoms with Gasteiger partial charge in [0.2, 0.25) is 0 Å². The van der Waals surface area contributed by atoms with Gasteiger partial charge in [0, 0.05) is 18.5 Å². The van der Waals surface area contributed by atoms with Crippen LogP contribution in [0.25, 0.3) is 0 Å². The molecule has 4 nitrogen and oxygen atoms in total. The van der Waals surface area contributed by atoms with E-state index in [1.807, 2.05) is 20.8 Å². The molecule has 13 heavy (non-hydrogen) atoms. The predicted molar refractivity (Wildman–Crippen MR) is 54.7 cm³/mol. The molecule has 0 radical (unpaired) electrons. The fraction of sp³-hybridized carbons (Fsp3) is 0.556. The van der Waals surface area contributed by atoms with Gasteiger partial charge in [0.15, 0.2) is 0 Å². The first-order valence-electron chi connectivity index (χ1n) is 4.55. The molecule has 1 aromatic heterocycles. The van der Waals surface area contributed by atoms with Gasteiger partial charge < -0.3 is 11.1 Å². The van der Waals surface area contributed by atoms with Crippen LogP contribution in [0.15, 0.2) is 0 Å². The molecule has 0 spiro atoms. The average molecular weight is 180 g/mol. The molecule has 0 aliphatic carbocycles. The van der Waals surface area contributed by atoms with Crippen LogP contribution in [-0.2, 0) is 6.42 Å². The van der Waals surface area contributed by atoms with Gasteiger partial charge in [-0.25, -0.2) is 9.97 Å². The second-order valence-corrected chi connectivity index (χ2v) is 2.88. The van der Waals surface area contributed by atoms with Crippen molar-refractivity contribution in [1.82, 2.24) is 9.97 Å². The van der Waals surface area contributed by atoms with E-state index in [9.17, 15) is 0 Å². The lowest BCUT2D eigenvalue weighted by atomic mass is 10.3. The average Bonchev–Trinajstić information content (AvgIpc) is 2.13. The van der Waals surface area contributed by atoms with E-state index in [4.69, 9.17) is 5.73 Å². The highest BCUT2D eigenvalue weighted by Gasteiger charge is 2.05. The van der Waals surface area contributed by atoms with Crippen LogP contribution >= 0.6 is 0 Å². The van der Waals surface area contributed by atoms with E-state index in [1.165, 1.54) is 0 Å². The van der Waals surface area contributed by atoms with E-state index in [0.29, 0.717) is 5.82 Å². The smallest absolute Gasteiger partial charge is 0.134 e. The summed E-state index contributed by atoms with van der Waals surface area (Å²) in [4.78, 5) is 8.50. The molecule has 0 atom stereocenters. The van der Waals surface area contributed by atoms with E-state index in [-0.39, 0.29) is 0 Å². The summed E-state index contributed by atoms with van der Waals surface area (Å²) >= 11 is 0. The number of hydrogen-bond acceptors (Lipinski definition) is 4. The van der Waals surface area contributed by atoms with Crippen LogP contribution in [0.2, 0.25) is 0 Å². The Hall–Kier alpha value is -1.32. The van der Waals surface area contributed by atoms with Crippen molar-refractivity contribution >= 4 is 11.6 Å². The summed E-state index contributed by atoms with van der Waals surface area (Å²) in [7, 11) is 0. The van der Waals surface area contributed by atoms with Gasteiger partial charge in [-0.1, -0.05) is 6.92 Å². The first-order valence-corrected chi connectivity index (χ1v) is 4.55. The van der Waals surface area contributed by atoms with Crippen LogP contribution in [0, 0.1) is 6.92 Å². The molecule has 1 rings (SSSR count). The van der Waals surface area contributed by atoms with Gasteiger partial charge >= 0.3 is 0 Å². The Bertz CT molecular complexity index is 296. The van der Waals surface area contributed by atoms with Crippen molar-refractivity contribution in [3.63, 3.8) is 0 Å². The Morgan fingerprint density at radius 3 is 2.54 bits per heavy atom. The molecule has 0 aliphatic rings. The van der Waals surface area contributed by atoms with Gasteiger partial charge in [-0.3, -0.25) is 0 Å². The number of nitrogens with zero attached hydrogens (tertiary/aromatic N) is 2. The summed E-state index contributed by atoms with van der Waals surface area (Å²) in [5.41, 5.74) is 6.67. The molecule has 0 aliphatic heterocycles. The third kappa shape index (κ3) is 2.08. The molecule has 72 valence electrons. The largest absolute Gasteiger partial charge is 0.383 e. The molecule has 1 aromatic rings. The van der Waals surface area contributed by atoms with Crippen LogP contribution in [0.3, 0.4) is 0 Å². The topological polar surface area (TPSA) is 63.8 Å². The van der Waals surface area contributed by atoms with Crippen LogP contribution in [0.5, 0.6) is 0 Å². The second kappa shape index (κ2) is 4.07. The molecule has 0 saturated carbocycles. The van der Waals surface area contributed by atoms with Crippen LogP contribution in [0.1, 0.15) is 25.2 Å². The maximum Gasteiger partial charge on any atom is 0.134 e. The van der Waals surface area contributed by atoms with E-state index in [0.717, 1.165) is 30.2 Å². The normalized spacial score (nSPS) is 10.1. The van der Waals surface area contributed by atoms with Crippen molar-refractivity contribution in [2.45, 2.75) is 27.2 Å². The summed E-state index contributed by atoms with van der Waals surface area (Å²) in [5.74, 6) is 2.22. The van der Waals surface area contributed by atoms with Gasteiger partial charge in [0.05, 0.1) is 0 Å². The third-order valence-corrected chi connectivity index (χ3v) is 1.89. The maximum absolute atomic E-state index is 5.74. The Kier molecular flexibility index (Phi) is 3.06. The number of anilines is 2. The molecule has 1 heterocycles. The molecular formula is C9H16N4. The lowest BCUT2D eigenvalue weighted by Crippen LogP contribution is -2.08. The fourth-order valence-corrected chi connectivity index (χ4v) is 1.08. The molecule has 0 bridgehead atoms. The number of nitrogens with two attached hydrogens (primary N) is 1. The number of rotatable bonds is 3. The Balaban J connectivity index is 3.09. The lowest BCUT2D eigenvalue weighted by molar-refractivity contribution is 0.932. The van der Waals surface area contributed by atoms with E-state index >= 15 is 0 Å². The van der Waals surface area contributed by atoms with Crippen molar-refractivity contribution < 1.29 is 0 Å². The molecule has 3 N–H and O–H groups in total. The number of nitrogens with one attached hydrogen (secondary N) is 1. The van der Waals surface area contributed by atoms with Crippen LogP contribution in [0.4, 0.5) is 11.6 Å². The highest BCUT2D eigenvalue weighted by atomic mass is 15.0. The van der Waals surface area contributed by atoms with Gasteiger partial charge in [-0.2, -0.15) is 0 Å². The quantitative estimate of drug-likeness (QED) is 0.737. The Labute approximate surface area is 78.6 Å². The maximum atomic E-state index is 5.74. The summed E-state index contributed by atoms with van der Waals surface area (Å²) in [6.07, 6.45) is 0.808. The van der Waals surface area contributed by atoms with Crippen molar-refractivity contribution in [2.75, 3.05) is 17.6 Å². The minimum atomic E-state index is 0.572. The van der Waals surface area contributed by atoms with Gasteiger partial charge in [0.25, 0.3) is 0 Å². The lowest BCUT2D eigenvalue weighted by Gasteiger charge is -2.09. The van der Waals surface area contributed by atoms with Crippen molar-refractivity contribution in [2.24, 2.45) is 0 Å². The van der Waals surface area contributed by atoms with Crippen molar-refractivity contribution in [3.05, 3.63) is 11.4 Å². The standard InChI is InChI=1S/C9H16N4/c1-4-7-12-8(10)6(3)9(13-7)11-5-2/h4-5H2,1-3H3,(H3,10,11,12,13). The highest BCUT2D eigenvalue weighted by Crippen LogP contribution is 2.16. The zero-order valence-corrected chi connectivity index (χ0v) is 8.39. The van der Waals surface area contributed by atoms with E-state index < -0.39 is 0 Å². The minimum Gasteiger partial charge on any atom is -0.383 e. The third-order valence-electron chi connectivity index (χ3n) is 1.89. The molecule has 0 unspecified atom stereocenters. The van der Waals surface area contributed by atoms with Crippen LogP contribution < -0.4 is 11.1 Å². The first-order chi connectivity index (χ1) is 6.19. The molecule has 0 aromatic carbocycles. The predicted octanol–water partition coefficient (Wildman–Crippen LogP) is 1.36. The highest BCUT2D eigenvalue weighted by molar-refractivity contribution is 5.54. The van der Waals surface area contributed by atoms with Crippen LogP contribution in [-0.4, -0.2) is 16.5 Å². The van der Waals surface area contributed by atoms with Crippen molar-refractivity contribution in [3.8, 4) is 0 Å². The molecule has 4 heteroatoms. The van der Waals surface area contributed by atoms with Gasteiger partial charge in [-0.15, -0.1) is 0 Å². The zero-order valence-electron chi connectivity index (χ0n) is 8.39. The molecule has 0 saturated heterocycles. The number of hydrogen-bond donors (Lipinski definition) is 2. The zero-order chi connectivity index (χ0) is 9.84. The Morgan fingerprint density at radius 2 is 2.00 bits per heavy atom. The second-order valence-electron chi connectivity index (χ2n) is 2.88. The summed E-state index contributed by atoms with van der Waals surface area (Å²) in [6, 6.07) is 0.